The molecule has 0 unspecified atom stereocenters. The van der Waals surface area contributed by atoms with Crippen LogP contribution in [0.25, 0.3) is 0 Å². The Labute approximate surface area is 190 Å². The number of rotatable bonds is 13. The maximum atomic E-state index is 11.9. The van der Waals surface area contributed by atoms with Gasteiger partial charge in [-0.2, -0.15) is 0 Å². The van der Waals surface area contributed by atoms with E-state index >= 15 is 0 Å². The summed E-state index contributed by atoms with van der Waals surface area (Å²) in [5.41, 5.74) is -1.08. The maximum Gasteiger partial charge on any atom is 0.336 e. The summed E-state index contributed by atoms with van der Waals surface area (Å²) in [6.45, 7) is 9.63. The zero-order valence-electron chi connectivity index (χ0n) is 18.4. The van der Waals surface area contributed by atoms with Crippen LogP contribution < -0.4 is 0 Å². The van der Waals surface area contributed by atoms with Crippen LogP contribution in [0.2, 0.25) is 0 Å². The van der Waals surface area contributed by atoms with Gasteiger partial charge in [-0.3, -0.25) is 0 Å². The molecule has 10 nitrogen and oxygen atoms in total. The average molecular weight is 462 g/mol. The van der Waals surface area contributed by atoms with Crippen LogP contribution in [0, 0.1) is 0 Å². The Bertz CT molecular complexity index is 1000. The standard InChI is InChI=1S/C23H26O10/c1-12(2)22(30)32-9-5-7-14-15(8-6-10-33-23(31)13(3)4)18(21(28)29)17(20(26)27)11-16(14)19(24)25/h11H,1,3,5-10H2,2,4H3,(H,24,25)(H,26,27)(H,28,29). The molecule has 0 heterocycles. The van der Waals surface area contributed by atoms with Gasteiger partial charge < -0.3 is 24.8 Å². The number of ether oxygens (including phenoxy) is 2. The summed E-state index contributed by atoms with van der Waals surface area (Å²) in [5.74, 6) is -5.82. The highest BCUT2D eigenvalue weighted by Gasteiger charge is 2.27. The van der Waals surface area contributed by atoms with Gasteiger partial charge in [0.1, 0.15) is 0 Å². The van der Waals surface area contributed by atoms with Crippen molar-refractivity contribution in [1.29, 1.82) is 0 Å². The molecule has 0 bridgehead atoms. The predicted molar refractivity (Wildman–Crippen MR) is 116 cm³/mol. The monoisotopic (exact) mass is 462 g/mol. The highest BCUT2D eigenvalue weighted by Crippen LogP contribution is 2.27. The minimum absolute atomic E-state index is 0.00612. The molecule has 0 aliphatic heterocycles. The molecule has 178 valence electrons. The molecule has 0 saturated heterocycles. The van der Waals surface area contributed by atoms with Crippen molar-refractivity contribution >= 4 is 29.8 Å². The van der Waals surface area contributed by atoms with Gasteiger partial charge in [-0.1, -0.05) is 13.2 Å². The van der Waals surface area contributed by atoms with E-state index in [9.17, 15) is 39.3 Å². The van der Waals surface area contributed by atoms with Gasteiger partial charge in [0.15, 0.2) is 0 Å². The Morgan fingerprint density at radius 2 is 1.15 bits per heavy atom. The number of carbonyl (C=O) groups is 5. The van der Waals surface area contributed by atoms with E-state index in [2.05, 4.69) is 13.2 Å². The minimum Gasteiger partial charge on any atom is -0.478 e. The molecule has 0 atom stereocenters. The van der Waals surface area contributed by atoms with Crippen LogP contribution in [0.1, 0.15) is 68.9 Å². The Balaban J connectivity index is 3.35. The summed E-state index contributed by atoms with van der Waals surface area (Å²) in [7, 11) is 0. The van der Waals surface area contributed by atoms with Crippen LogP contribution in [0.15, 0.2) is 30.4 Å². The number of carboxylic acids is 3. The summed E-state index contributed by atoms with van der Waals surface area (Å²) >= 11 is 0. The highest BCUT2D eigenvalue weighted by molar-refractivity contribution is 6.05. The number of aromatic carboxylic acids is 3. The Morgan fingerprint density at radius 3 is 1.52 bits per heavy atom. The lowest BCUT2D eigenvalue weighted by Gasteiger charge is -2.18. The first-order valence-corrected chi connectivity index (χ1v) is 9.92. The van der Waals surface area contributed by atoms with Gasteiger partial charge in [0.25, 0.3) is 0 Å². The summed E-state index contributed by atoms with van der Waals surface area (Å²) in [6, 6.07) is 0.813. The quantitative estimate of drug-likeness (QED) is 0.225. The van der Waals surface area contributed by atoms with Crippen LogP contribution in [-0.2, 0) is 31.9 Å². The van der Waals surface area contributed by atoms with E-state index in [4.69, 9.17) is 9.47 Å². The molecule has 0 aliphatic carbocycles. The number of hydrogen-bond donors (Lipinski definition) is 3. The van der Waals surface area contributed by atoms with Gasteiger partial charge in [0, 0.05) is 11.1 Å². The number of carbonyl (C=O) groups excluding carboxylic acids is 2. The Morgan fingerprint density at radius 1 is 0.727 bits per heavy atom. The van der Waals surface area contributed by atoms with Gasteiger partial charge in [-0.15, -0.1) is 0 Å². The molecule has 33 heavy (non-hydrogen) atoms. The molecular formula is C23H26O10. The summed E-state index contributed by atoms with van der Waals surface area (Å²) < 4.78 is 9.97. The normalized spacial score (nSPS) is 10.2. The van der Waals surface area contributed by atoms with Crippen molar-refractivity contribution in [2.75, 3.05) is 13.2 Å². The molecule has 0 saturated carbocycles. The molecule has 10 heteroatoms. The maximum absolute atomic E-state index is 11.9. The van der Waals surface area contributed by atoms with E-state index < -0.39 is 41.0 Å². The zero-order valence-corrected chi connectivity index (χ0v) is 18.4. The fourth-order valence-electron chi connectivity index (χ4n) is 3.02. The highest BCUT2D eigenvalue weighted by atomic mass is 16.5. The summed E-state index contributed by atoms with van der Waals surface area (Å²) in [4.78, 5) is 58.5. The zero-order chi connectivity index (χ0) is 25.3. The largest absolute Gasteiger partial charge is 0.478 e. The molecule has 0 spiro atoms. The number of hydrogen-bond acceptors (Lipinski definition) is 7. The number of esters is 2. The molecule has 1 aromatic carbocycles. The molecule has 3 N–H and O–H groups in total. The number of carboxylic acid groups (broad SMARTS) is 3. The minimum atomic E-state index is -1.59. The van der Waals surface area contributed by atoms with Gasteiger partial charge in [-0.25, -0.2) is 24.0 Å². The lowest BCUT2D eigenvalue weighted by molar-refractivity contribution is -0.139. The van der Waals surface area contributed by atoms with Gasteiger partial charge in [0.2, 0.25) is 0 Å². The SMILES string of the molecule is C=C(C)C(=O)OCCCc1c(C(=O)O)cc(C(=O)O)c(C(=O)O)c1CCCOC(=O)C(=C)C. The van der Waals surface area contributed by atoms with Crippen molar-refractivity contribution in [1.82, 2.24) is 0 Å². The van der Waals surface area contributed by atoms with E-state index in [1.807, 2.05) is 0 Å². The lowest BCUT2D eigenvalue weighted by Crippen LogP contribution is -2.19. The second-order valence-corrected chi connectivity index (χ2v) is 7.26. The predicted octanol–water partition coefficient (Wildman–Crippen LogP) is 2.89. The topological polar surface area (TPSA) is 164 Å². The third kappa shape index (κ3) is 7.60. The van der Waals surface area contributed by atoms with Crippen LogP contribution >= 0.6 is 0 Å². The van der Waals surface area contributed by atoms with E-state index in [1.165, 1.54) is 13.8 Å². The van der Waals surface area contributed by atoms with Crippen LogP contribution in [0.4, 0.5) is 0 Å². The van der Waals surface area contributed by atoms with E-state index in [-0.39, 0.29) is 66.7 Å². The fraction of sp³-hybridized carbons (Fsp3) is 0.348. The first-order chi connectivity index (χ1) is 15.4. The summed E-state index contributed by atoms with van der Waals surface area (Å²) in [6.07, 6.45) is 0.209. The van der Waals surface area contributed by atoms with Crippen molar-refractivity contribution < 1.29 is 48.8 Å². The fourth-order valence-corrected chi connectivity index (χ4v) is 3.02. The molecule has 0 amide bonds. The molecule has 1 aromatic rings. The summed E-state index contributed by atoms with van der Waals surface area (Å²) in [5, 5.41) is 28.8. The molecule has 0 aromatic heterocycles. The van der Waals surface area contributed by atoms with Gasteiger partial charge in [-0.05, 0) is 56.7 Å². The van der Waals surface area contributed by atoms with E-state index in [1.54, 1.807) is 0 Å². The first-order valence-electron chi connectivity index (χ1n) is 9.92. The number of benzene rings is 1. The third-order valence-corrected chi connectivity index (χ3v) is 4.53. The molecule has 1 rings (SSSR count). The molecular weight excluding hydrogens is 436 g/mol. The second kappa shape index (κ2) is 12.2. The lowest BCUT2D eigenvalue weighted by atomic mass is 9.86. The van der Waals surface area contributed by atoms with Crippen molar-refractivity contribution in [3.63, 3.8) is 0 Å². The van der Waals surface area contributed by atoms with E-state index in [0.29, 0.717) is 0 Å². The van der Waals surface area contributed by atoms with Crippen molar-refractivity contribution in [2.24, 2.45) is 0 Å². The molecule has 0 radical (unpaired) electrons. The van der Waals surface area contributed by atoms with Gasteiger partial charge in [0.05, 0.1) is 29.9 Å². The Hall–Kier alpha value is -3.95. The first kappa shape index (κ1) is 27.1. The van der Waals surface area contributed by atoms with Crippen LogP contribution in [0.3, 0.4) is 0 Å². The van der Waals surface area contributed by atoms with Crippen molar-refractivity contribution in [2.45, 2.75) is 39.5 Å². The smallest absolute Gasteiger partial charge is 0.336 e. The van der Waals surface area contributed by atoms with Crippen molar-refractivity contribution in [3.8, 4) is 0 Å². The van der Waals surface area contributed by atoms with Gasteiger partial charge >= 0.3 is 29.8 Å². The van der Waals surface area contributed by atoms with Crippen molar-refractivity contribution in [3.05, 3.63) is 58.2 Å². The van der Waals surface area contributed by atoms with E-state index in [0.717, 1.165) is 6.07 Å². The second-order valence-electron chi connectivity index (χ2n) is 7.26. The third-order valence-electron chi connectivity index (χ3n) is 4.53. The molecule has 0 aliphatic rings. The van der Waals surface area contributed by atoms with Crippen LogP contribution in [0.5, 0.6) is 0 Å². The Kier molecular flexibility index (Phi) is 10.00. The molecule has 0 fully saturated rings. The van der Waals surface area contributed by atoms with Crippen LogP contribution in [-0.4, -0.2) is 58.4 Å². The average Bonchev–Trinajstić information content (AvgIpc) is 2.72.